The first kappa shape index (κ1) is 9.97. The summed E-state index contributed by atoms with van der Waals surface area (Å²) in [4.78, 5) is 11.0. The first-order chi connectivity index (χ1) is 7.15. The highest BCUT2D eigenvalue weighted by molar-refractivity contribution is 5.99. The Labute approximate surface area is 89.5 Å². The molecule has 78 valence electrons. The smallest absolute Gasteiger partial charge is 0.152 e. The van der Waals surface area contributed by atoms with Gasteiger partial charge in [-0.05, 0) is 32.4 Å². The van der Waals surface area contributed by atoms with Gasteiger partial charge >= 0.3 is 0 Å². The largest absolute Gasteiger partial charge is 0.344 e. The lowest BCUT2D eigenvalue weighted by Gasteiger charge is -2.08. The van der Waals surface area contributed by atoms with Crippen LogP contribution in [0.5, 0.6) is 0 Å². The van der Waals surface area contributed by atoms with Crippen molar-refractivity contribution in [3.8, 4) is 0 Å². The van der Waals surface area contributed by atoms with Crippen LogP contribution < -0.4 is 0 Å². The van der Waals surface area contributed by atoms with Crippen molar-refractivity contribution >= 4 is 17.2 Å². The first-order valence-corrected chi connectivity index (χ1v) is 5.20. The van der Waals surface area contributed by atoms with Crippen LogP contribution >= 0.6 is 0 Å². The zero-order chi connectivity index (χ0) is 11.0. The third-order valence-electron chi connectivity index (χ3n) is 2.78. The predicted molar refractivity (Wildman–Crippen MR) is 62.4 cm³/mol. The summed E-state index contributed by atoms with van der Waals surface area (Å²) in [6, 6.07) is 6.52. The summed E-state index contributed by atoms with van der Waals surface area (Å²) >= 11 is 0. The number of nitrogens with zero attached hydrogens (tertiary/aromatic N) is 1. The molecule has 0 fully saturated rings. The van der Waals surface area contributed by atoms with Crippen LogP contribution in [0.1, 0.15) is 35.8 Å². The molecule has 0 aliphatic carbocycles. The van der Waals surface area contributed by atoms with Gasteiger partial charge in [0.05, 0.1) is 0 Å². The molecule has 0 saturated heterocycles. The van der Waals surface area contributed by atoms with Crippen molar-refractivity contribution < 1.29 is 4.79 Å². The molecule has 0 atom stereocenters. The van der Waals surface area contributed by atoms with Crippen LogP contribution in [0.3, 0.4) is 0 Å². The van der Waals surface area contributed by atoms with Gasteiger partial charge in [0, 0.05) is 28.7 Å². The minimum absolute atomic E-state index is 0.378. The number of carbonyl (C=O) groups is 1. The topological polar surface area (TPSA) is 22.0 Å². The number of carbonyl (C=O) groups excluding carboxylic acids is 1. The van der Waals surface area contributed by atoms with E-state index in [1.807, 2.05) is 25.3 Å². The van der Waals surface area contributed by atoms with Crippen LogP contribution in [0, 0.1) is 6.92 Å². The minimum Gasteiger partial charge on any atom is -0.344 e. The molecule has 0 radical (unpaired) electrons. The van der Waals surface area contributed by atoms with Gasteiger partial charge in [-0.2, -0.15) is 0 Å². The number of fused-ring (bicyclic) bond motifs is 1. The molecule has 0 aliphatic rings. The van der Waals surface area contributed by atoms with Gasteiger partial charge in [-0.3, -0.25) is 4.79 Å². The van der Waals surface area contributed by atoms with Crippen LogP contribution in [0.25, 0.3) is 10.9 Å². The average Bonchev–Trinajstić information content (AvgIpc) is 2.58. The molecule has 2 nitrogen and oxygen atoms in total. The molecular weight excluding hydrogens is 186 g/mol. The van der Waals surface area contributed by atoms with E-state index in [1.54, 1.807) is 0 Å². The molecule has 1 aromatic heterocycles. The van der Waals surface area contributed by atoms with Gasteiger partial charge < -0.3 is 4.57 Å². The fraction of sp³-hybridized carbons (Fsp3) is 0.308. The van der Waals surface area contributed by atoms with Crippen LogP contribution in [-0.2, 0) is 0 Å². The summed E-state index contributed by atoms with van der Waals surface area (Å²) in [7, 11) is 0. The SMILES string of the molecule is Cc1cccc2c1c(C=O)cn2C(C)C. The van der Waals surface area contributed by atoms with Gasteiger partial charge in [0.2, 0.25) is 0 Å². The molecule has 2 aromatic rings. The second-order valence-corrected chi connectivity index (χ2v) is 4.17. The van der Waals surface area contributed by atoms with E-state index in [2.05, 4.69) is 24.5 Å². The Morgan fingerprint density at radius 3 is 2.67 bits per heavy atom. The maximum absolute atomic E-state index is 11.0. The van der Waals surface area contributed by atoms with Crippen molar-refractivity contribution in [2.45, 2.75) is 26.8 Å². The molecule has 1 aromatic carbocycles. The molecule has 0 amide bonds. The van der Waals surface area contributed by atoms with Crippen molar-refractivity contribution in [1.29, 1.82) is 0 Å². The van der Waals surface area contributed by atoms with Crippen LogP contribution in [0.4, 0.5) is 0 Å². The molecule has 2 heteroatoms. The van der Waals surface area contributed by atoms with Gasteiger partial charge in [-0.25, -0.2) is 0 Å². The molecule has 0 spiro atoms. The molecule has 0 aliphatic heterocycles. The highest BCUT2D eigenvalue weighted by atomic mass is 16.1. The highest BCUT2D eigenvalue weighted by Crippen LogP contribution is 2.26. The van der Waals surface area contributed by atoms with Gasteiger partial charge in [0.15, 0.2) is 6.29 Å². The van der Waals surface area contributed by atoms with E-state index in [4.69, 9.17) is 0 Å². The molecule has 15 heavy (non-hydrogen) atoms. The Morgan fingerprint density at radius 1 is 1.33 bits per heavy atom. The number of aldehydes is 1. The lowest BCUT2D eigenvalue weighted by Crippen LogP contribution is -1.97. The zero-order valence-corrected chi connectivity index (χ0v) is 9.32. The number of hydrogen-bond donors (Lipinski definition) is 0. The van der Waals surface area contributed by atoms with Crippen LogP contribution in [0.15, 0.2) is 24.4 Å². The molecule has 0 bridgehead atoms. The van der Waals surface area contributed by atoms with Crippen LogP contribution in [0.2, 0.25) is 0 Å². The monoisotopic (exact) mass is 201 g/mol. The quantitative estimate of drug-likeness (QED) is 0.683. The van der Waals surface area contributed by atoms with E-state index in [-0.39, 0.29) is 0 Å². The Bertz CT molecular complexity index is 508. The Morgan fingerprint density at radius 2 is 2.07 bits per heavy atom. The van der Waals surface area contributed by atoms with E-state index in [0.29, 0.717) is 6.04 Å². The maximum atomic E-state index is 11.0. The predicted octanol–water partition coefficient (Wildman–Crippen LogP) is 3.34. The summed E-state index contributed by atoms with van der Waals surface area (Å²) in [6.07, 6.45) is 2.88. The Balaban J connectivity index is 2.87. The summed E-state index contributed by atoms with van der Waals surface area (Å²) in [5, 5.41) is 1.08. The van der Waals surface area contributed by atoms with E-state index >= 15 is 0 Å². The van der Waals surface area contributed by atoms with Gasteiger partial charge in [0.1, 0.15) is 0 Å². The van der Waals surface area contributed by atoms with Gasteiger partial charge in [-0.15, -0.1) is 0 Å². The average molecular weight is 201 g/mol. The Kier molecular flexibility index (Phi) is 2.35. The van der Waals surface area contributed by atoms with Crippen molar-refractivity contribution in [2.24, 2.45) is 0 Å². The van der Waals surface area contributed by atoms with Crippen LogP contribution in [-0.4, -0.2) is 10.9 Å². The van der Waals surface area contributed by atoms with E-state index < -0.39 is 0 Å². The van der Waals surface area contributed by atoms with Crippen molar-refractivity contribution in [3.05, 3.63) is 35.5 Å². The molecule has 0 N–H and O–H groups in total. The zero-order valence-electron chi connectivity index (χ0n) is 9.32. The lowest BCUT2D eigenvalue weighted by atomic mass is 10.1. The van der Waals surface area contributed by atoms with E-state index in [9.17, 15) is 4.79 Å². The third kappa shape index (κ3) is 1.46. The second-order valence-electron chi connectivity index (χ2n) is 4.17. The van der Waals surface area contributed by atoms with Crippen molar-refractivity contribution in [2.75, 3.05) is 0 Å². The van der Waals surface area contributed by atoms with Crippen molar-refractivity contribution in [1.82, 2.24) is 4.57 Å². The van der Waals surface area contributed by atoms with E-state index in [1.165, 1.54) is 0 Å². The lowest BCUT2D eigenvalue weighted by molar-refractivity contribution is 0.112. The highest BCUT2D eigenvalue weighted by Gasteiger charge is 2.11. The van der Waals surface area contributed by atoms with Crippen molar-refractivity contribution in [3.63, 3.8) is 0 Å². The molecule has 2 rings (SSSR count). The normalized spacial score (nSPS) is 11.2. The number of benzene rings is 1. The molecule has 0 unspecified atom stereocenters. The number of aromatic nitrogens is 1. The number of aryl methyl sites for hydroxylation is 1. The summed E-state index contributed by atoms with van der Waals surface area (Å²) in [5.74, 6) is 0. The first-order valence-electron chi connectivity index (χ1n) is 5.20. The summed E-state index contributed by atoms with van der Waals surface area (Å²) < 4.78 is 2.14. The second kappa shape index (κ2) is 3.54. The van der Waals surface area contributed by atoms with Gasteiger partial charge in [-0.1, -0.05) is 12.1 Å². The standard InChI is InChI=1S/C13H15NO/c1-9(2)14-7-11(8-15)13-10(3)5-4-6-12(13)14/h4-9H,1-3H3. The molecule has 1 heterocycles. The summed E-state index contributed by atoms with van der Waals surface area (Å²) in [5.41, 5.74) is 3.10. The Hall–Kier alpha value is -1.57. The minimum atomic E-state index is 0.378. The third-order valence-corrected chi connectivity index (χ3v) is 2.78. The molecule has 0 saturated carbocycles. The van der Waals surface area contributed by atoms with Gasteiger partial charge in [0.25, 0.3) is 0 Å². The maximum Gasteiger partial charge on any atom is 0.152 e. The molecular formula is C13H15NO. The fourth-order valence-corrected chi connectivity index (χ4v) is 2.04. The number of hydrogen-bond acceptors (Lipinski definition) is 1. The van der Waals surface area contributed by atoms with E-state index in [0.717, 1.165) is 28.3 Å². The fourth-order valence-electron chi connectivity index (χ4n) is 2.04. The summed E-state index contributed by atoms with van der Waals surface area (Å²) in [6.45, 7) is 6.28. The number of rotatable bonds is 2.